The van der Waals surface area contributed by atoms with Crippen molar-refractivity contribution in [1.82, 2.24) is 0 Å². The van der Waals surface area contributed by atoms with Crippen molar-refractivity contribution in [2.75, 3.05) is 13.2 Å². The van der Waals surface area contributed by atoms with E-state index in [0.717, 1.165) is 89.9 Å². The second-order valence-electron chi connectivity index (χ2n) is 17.1. The van der Waals surface area contributed by atoms with Crippen LogP contribution in [0, 0.1) is 0 Å². The number of unbranched alkanes of at least 4 members (excludes halogenated alkanes) is 23. The van der Waals surface area contributed by atoms with Gasteiger partial charge in [-0.05, 0) is 83.5 Å². The van der Waals surface area contributed by atoms with Crippen LogP contribution in [0.5, 0.6) is 0 Å². The lowest BCUT2D eigenvalue weighted by Crippen LogP contribution is -2.30. The van der Waals surface area contributed by atoms with E-state index in [4.69, 9.17) is 14.2 Å². The van der Waals surface area contributed by atoms with E-state index in [1.807, 2.05) is 0 Å². The van der Waals surface area contributed by atoms with Crippen LogP contribution in [-0.4, -0.2) is 37.2 Å². The maximum Gasteiger partial charge on any atom is 0.306 e. The molecule has 0 aliphatic rings. The first-order chi connectivity index (χ1) is 30.5. The van der Waals surface area contributed by atoms with Crippen molar-refractivity contribution in [1.29, 1.82) is 0 Å². The van der Waals surface area contributed by atoms with Crippen molar-refractivity contribution in [2.24, 2.45) is 0 Å². The molecular weight excluding hydrogens is 769 g/mol. The van der Waals surface area contributed by atoms with Gasteiger partial charge in [-0.15, -0.1) is 0 Å². The van der Waals surface area contributed by atoms with Crippen molar-refractivity contribution < 1.29 is 28.6 Å². The minimum absolute atomic E-state index is 0.0948. The molecule has 1 unspecified atom stereocenters. The molecule has 356 valence electrons. The first kappa shape index (κ1) is 58.9. The smallest absolute Gasteiger partial charge is 0.306 e. The Morgan fingerprint density at radius 1 is 0.339 bits per heavy atom. The van der Waals surface area contributed by atoms with Gasteiger partial charge in [0, 0.05) is 19.3 Å². The Bertz CT molecular complexity index is 1180. The van der Waals surface area contributed by atoms with E-state index >= 15 is 0 Å². The minimum Gasteiger partial charge on any atom is -0.462 e. The van der Waals surface area contributed by atoms with Gasteiger partial charge in [0.15, 0.2) is 6.10 Å². The van der Waals surface area contributed by atoms with Crippen LogP contribution in [-0.2, 0) is 28.6 Å². The van der Waals surface area contributed by atoms with E-state index in [9.17, 15) is 14.4 Å². The van der Waals surface area contributed by atoms with Crippen molar-refractivity contribution in [3.8, 4) is 0 Å². The van der Waals surface area contributed by atoms with Crippen molar-refractivity contribution in [3.05, 3.63) is 72.9 Å². The predicted octanol–water partition coefficient (Wildman–Crippen LogP) is 17.0. The normalized spacial score (nSPS) is 12.6. The molecule has 0 bridgehead atoms. The molecule has 0 N–H and O–H groups in total. The van der Waals surface area contributed by atoms with Crippen molar-refractivity contribution in [3.63, 3.8) is 0 Å². The van der Waals surface area contributed by atoms with Gasteiger partial charge in [-0.1, -0.05) is 216 Å². The van der Waals surface area contributed by atoms with Crippen molar-refractivity contribution >= 4 is 17.9 Å². The van der Waals surface area contributed by atoms with Crippen molar-refractivity contribution in [2.45, 2.75) is 252 Å². The first-order valence-electron chi connectivity index (χ1n) is 25.9. The quantitative estimate of drug-likeness (QED) is 0.0262. The van der Waals surface area contributed by atoms with Crippen LogP contribution in [0.2, 0.25) is 0 Å². The molecule has 6 nitrogen and oxygen atoms in total. The maximum atomic E-state index is 12.8. The van der Waals surface area contributed by atoms with Crippen LogP contribution in [0.3, 0.4) is 0 Å². The molecule has 0 aliphatic carbocycles. The largest absolute Gasteiger partial charge is 0.462 e. The van der Waals surface area contributed by atoms with Crippen LogP contribution in [0.4, 0.5) is 0 Å². The molecule has 0 fully saturated rings. The van der Waals surface area contributed by atoms with Gasteiger partial charge in [0.25, 0.3) is 0 Å². The highest BCUT2D eigenvalue weighted by Crippen LogP contribution is 2.14. The van der Waals surface area contributed by atoms with Gasteiger partial charge in [0.1, 0.15) is 13.2 Å². The summed E-state index contributed by atoms with van der Waals surface area (Å²) in [6.45, 7) is 6.46. The monoisotopic (exact) mass is 865 g/mol. The number of ether oxygens (including phenoxy) is 3. The van der Waals surface area contributed by atoms with Gasteiger partial charge in [-0.3, -0.25) is 14.4 Å². The third-order valence-electron chi connectivity index (χ3n) is 10.9. The number of hydrogen-bond acceptors (Lipinski definition) is 6. The zero-order valence-corrected chi connectivity index (χ0v) is 40.6. The summed E-state index contributed by atoms with van der Waals surface area (Å²) < 4.78 is 16.7. The van der Waals surface area contributed by atoms with Gasteiger partial charge in [0.05, 0.1) is 0 Å². The molecule has 0 rings (SSSR count). The summed E-state index contributed by atoms with van der Waals surface area (Å²) in [6.07, 6.45) is 63.2. The number of hydrogen-bond donors (Lipinski definition) is 0. The lowest BCUT2D eigenvalue weighted by molar-refractivity contribution is -0.167. The van der Waals surface area contributed by atoms with Gasteiger partial charge in [-0.25, -0.2) is 0 Å². The van der Waals surface area contributed by atoms with Gasteiger partial charge in [0.2, 0.25) is 0 Å². The highest BCUT2D eigenvalue weighted by atomic mass is 16.6. The van der Waals surface area contributed by atoms with Gasteiger partial charge < -0.3 is 14.2 Å². The Hall–Kier alpha value is -3.15. The first-order valence-corrected chi connectivity index (χ1v) is 25.9. The second kappa shape index (κ2) is 50.5. The maximum absolute atomic E-state index is 12.8. The molecule has 0 heterocycles. The van der Waals surface area contributed by atoms with E-state index in [2.05, 4.69) is 93.7 Å². The number of esters is 3. The molecule has 0 aliphatic heterocycles. The topological polar surface area (TPSA) is 78.9 Å². The van der Waals surface area contributed by atoms with E-state index in [-0.39, 0.29) is 37.5 Å². The van der Waals surface area contributed by atoms with Gasteiger partial charge in [-0.2, -0.15) is 0 Å². The highest BCUT2D eigenvalue weighted by Gasteiger charge is 2.19. The number of carbonyl (C=O) groups is 3. The SMILES string of the molecule is CC/C=C\C/C=C\C/C=C\C/C=C\C/C=C\CCCC(=O)OCC(COC(=O)CCCCCCCCCCCCC)OC(=O)CCCCCCC/C=C\CCCCCCCCC. The fourth-order valence-corrected chi connectivity index (χ4v) is 7.06. The zero-order chi connectivity index (χ0) is 45.1. The fourth-order valence-electron chi connectivity index (χ4n) is 7.06. The molecule has 0 aromatic rings. The van der Waals surface area contributed by atoms with Crippen LogP contribution >= 0.6 is 0 Å². The minimum atomic E-state index is -0.800. The molecule has 0 saturated carbocycles. The predicted molar refractivity (Wildman–Crippen MR) is 265 cm³/mol. The zero-order valence-electron chi connectivity index (χ0n) is 40.6. The third kappa shape index (κ3) is 47.9. The summed E-state index contributed by atoms with van der Waals surface area (Å²) in [6, 6.07) is 0. The van der Waals surface area contributed by atoms with E-state index < -0.39 is 6.10 Å². The fraction of sp³-hybridized carbons (Fsp3) is 0.732. The molecule has 0 amide bonds. The van der Waals surface area contributed by atoms with E-state index in [1.165, 1.54) is 109 Å². The molecule has 0 saturated heterocycles. The summed E-state index contributed by atoms with van der Waals surface area (Å²) in [7, 11) is 0. The number of rotatable bonds is 46. The summed E-state index contributed by atoms with van der Waals surface area (Å²) >= 11 is 0. The molecule has 0 radical (unpaired) electrons. The Kier molecular flexibility index (Phi) is 47.9. The average Bonchev–Trinajstić information content (AvgIpc) is 3.27. The molecular formula is C56H96O6. The van der Waals surface area contributed by atoms with E-state index in [0.29, 0.717) is 19.3 Å². The van der Waals surface area contributed by atoms with E-state index in [1.54, 1.807) is 0 Å². The second-order valence-corrected chi connectivity index (χ2v) is 17.1. The average molecular weight is 865 g/mol. The van der Waals surface area contributed by atoms with Crippen LogP contribution in [0.15, 0.2) is 72.9 Å². The Morgan fingerprint density at radius 3 is 1.06 bits per heavy atom. The third-order valence-corrected chi connectivity index (χ3v) is 10.9. The molecule has 0 aromatic carbocycles. The lowest BCUT2D eigenvalue weighted by atomic mass is 10.1. The molecule has 0 aromatic heterocycles. The summed E-state index contributed by atoms with van der Waals surface area (Å²) in [5.41, 5.74) is 0. The molecule has 62 heavy (non-hydrogen) atoms. The Morgan fingerprint density at radius 2 is 0.645 bits per heavy atom. The van der Waals surface area contributed by atoms with Crippen LogP contribution < -0.4 is 0 Å². The number of allylic oxidation sites excluding steroid dienone is 12. The molecule has 1 atom stereocenters. The molecule has 6 heteroatoms. The van der Waals surface area contributed by atoms with Gasteiger partial charge >= 0.3 is 17.9 Å². The standard InChI is InChI=1S/C56H96O6/c1-4-7-10-13-16-19-22-24-26-28-30-31-34-37-40-43-46-49-55(58)61-52-53(51-60-54(57)48-45-42-39-36-33-21-18-15-12-9-6-3)62-56(59)50-47-44-41-38-35-32-29-27-25-23-20-17-14-11-8-5-2/h7,10,16,19,24,26-27,29-31,37,40,53H,4-6,8-9,11-15,17-18,20-23,25,28,32-36,38-39,41-52H2,1-3H3/b10-7-,19-16-,26-24-,29-27-,31-30-,40-37-. The highest BCUT2D eigenvalue weighted by molar-refractivity contribution is 5.71. The van der Waals surface area contributed by atoms with Crippen LogP contribution in [0.1, 0.15) is 245 Å². The Balaban J connectivity index is 4.46. The van der Waals surface area contributed by atoms with Crippen LogP contribution in [0.25, 0.3) is 0 Å². The number of carbonyl (C=O) groups excluding carboxylic acids is 3. The summed E-state index contributed by atoms with van der Waals surface area (Å²) in [4.78, 5) is 37.9. The molecule has 0 spiro atoms. The Labute approximate surface area is 382 Å². The lowest BCUT2D eigenvalue weighted by Gasteiger charge is -2.18. The summed E-state index contributed by atoms with van der Waals surface area (Å²) in [5.74, 6) is -0.963. The summed E-state index contributed by atoms with van der Waals surface area (Å²) in [5, 5.41) is 0.